The molecule has 1 aromatic carbocycles. The second-order valence-corrected chi connectivity index (χ2v) is 5.82. The number of para-hydroxylation sites is 1. The van der Waals surface area contributed by atoms with Gasteiger partial charge in [0.2, 0.25) is 5.91 Å². The number of rotatable bonds is 5. The van der Waals surface area contributed by atoms with Gasteiger partial charge in [-0.1, -0.05) is 17.3 Å². The maximum Gasteiger partial charge on any atom is 0.340 e. The number of esters is 1. The molecule has 0 spiro atoms. The normalized spacial score (nSPS) is 10.8. The summed E-state index contributed by atoms with van der Waals surface area (Å²) in [5.41, 5.74) is 0.653. The lowest BCUT2D eigenvalue weighted by atomic mass is 10.2. The van der Waals surface area contributed by atoms with Gasteiger partial charge in [0.05, 0.1) is 28.9 Å². The van der Waals surface area contributed by atoms with E-state index in [-0.39, 0.29) is 24.2 Å². The minimum absolute atomic E-state index is 0.125. The van der Waals surface area contributed by atoms with E-state index in [2.05, 4.69) is 15.6 Å². The van der Waals surface area contributed by atoms with Crippen molar-refractivity contribution in [2.45, 2.75) is 27.3 Å². The first-order valence-electron chi connectivity index (χ1n) is 8.32. The van der Waals surface area contributed by atoms with Crippen LogP contribution in [0.15, 0.2) is 33.6 Å². The zero-order valence-corrected chi connectivity index (χ0v) is 15.1. The summed E-state index contributed by atoms with van der Waals surface area (Å²) in [5.74, 6) is -0.564. The standard InChI is InChI=1S/C18H18N4O5/c1-4-26-18(25)12-7-5-6-8-13(12)19-14(23)9-22-17(24)16-15(10(2)20-22)11(3)27-21-16/h5-8H,4,9H2,1-3H3,(H,19,23). The minimum Gasteiger partial charge on any atom is -0.462 e. The van der Waals surface area contributed by atoms with Gasteiger partial charge in [-0.15, -0.1) is 0 Å². The Hall–Kier alpha value is -3.49. The Labute approximate surface area is 153 Å². The van der Waals surface area contributed by atoms with Gasteiger partial charge in [0.15, 0.2) is 5.52 Å². The van der Waals surface area contributed by atoms with E-state index < -0.39 is 17.4 Å². The van der Waals surface area contributed by atoms with Crippen molar-refractivity contribution < 1.29 is 18.8 Å². The lowest BCUT2D eigenvalue weighted by molar-refractivity contribution is -0.117. The number of nitrogens with one attached hydrogen (secondary N) is 1. The van der Waals surface area contributed by atoms with Crippen LogP contribution in [0.4, 0.5) is 5.69 Å². The number of carbonyl (C=O) groups excluding carboxylic acids is 2. The number of carbonyl (C=O) groups is 2. The summed E-state index contributed by atoms with van der Waals surface area (Å²) in [5, 5.41) is 11.1. The van der Waals surface area contributed by atoms with E-state index in [0.717, 1.165) is 4.68 Å². The van der Waals surface area contributed by atoms with E-state index >= 15 is 0 Å². The molecule has 0 atom stereocenters. The molecule has 1 N–H and O–H groups in total. The van der Waals surface area contributed by atoms with E-state index in [1.165, 1.54) is 0 Å². The van der Waals surface area contributed by atoms with Gasteiger partial charge in [0, 0.05) is 0 Å². The Morgan fingerprint density at radius 3 is 2.74 bits per heavy atom. The van der Waals surface area contributed by atoms with Crippen molar-refractivity contribution in [3.63, 3.8) is 0 Å². The Bertz CT molecular complexity index is 1080. The molecule has 3 aromatic rings. The Balaban J connectivity index is 1.86. The third-order valence-corrected chi connectivity index (χ3v) is 3.92. The summed E-state index contributed by atoms with van der Waals surface area (Å²) in [6, 6.07) is 6.47. The highest BCUT2D eigenvalue weighted by Crippen LogP contribution is 2.18. The predicted molar refractivity (Wildman–Crippen MR) is 96.6 cm³/mol. The van der Waals surface area contributed by atoms with Crippen molar-refractivity contribution in [2.24, 2.45) is 0 Å². The van der Waals surface area contributed by atoms with Crippen LogP contribution in [-0.4, -0.2) is 33.4 Å². The van der Waals surface area contributed by atoms with Crippen LogP contribution in [0.2, 0.25) is 0 Å². The Morgan fingerprint density at radius 1 is 1.26 bits per heavy atom. The largest absolute Gasteiger partial charge is 0.462 e. The first-order valence-corrected chi connectivity index (χ1v) is 8.32. The van der Waals surface area contributed by atoms with Crippen molar-refractivity contribution in [3.05, 3.63) is 51.6 Å². The number of hydrogen-bond acceptors (Lipinski definition) is 7. The molecule has 0 fully saturated rings. The van der Waals surface area contributed by atoms with Crippen LogP contribution < -0.4 is 10.9 Å². The first kappa shape index (κ1) is 18.3. The molecule has 0 saturated heterocycles. The number of hydrogen-bond donors (Lipinski definition) is 1. The lowest BCUT2D eigenvalue weighted by Crippen LogP contribution is -2.30. The zero-order valence-electron chi connectivity index (χ0n) is 15.1. The number of aromatic nitrogens is 3. The smallest absolute Gasteiger partial charge is 0.340 e. The zero-order chi connectivity index (χ0) is 19.6. The third kappa shape index (κ3) is 3.57. The van der Waals surface area contributed by atoms with Crippen molar-refractivity contribution in [1.82, 2.24) is 14.9 Å². The fourth-order valence-corrected chi connectivity index (χ4v) is 2.75. The van der Waals surface area contributed by atoms with E-state index in [9.17, 15) is 14.4 Å². The molecule has 140 valence electrons. The van der Waals surface area contributed by atoms with Gasteiger partial charge in [-0.05, 0) is 32.9 Å². The first-order chi connectivity index (χ1) is 12.9. The predicted octanol–water partition coefficient (Wildman–Crippen LogP) is 1.82. The average Bonchev–Trinajstić information content (AvgIpc) is 3.02. The van der Waals surface area contributed by atoms with Gasteiger partial charge in [0.25, 0.3) is 5.56 Å². The van der Waals surface area contributed by atoms with Gasteiger partial charge < -0.3 is 14.6 Å². The van der Waals surface area contributed by atoms with Crippen molar-refractivity contribution in [3.8, 4) is 0 Å². The molecule has 0 radical (unpaired) electrons. The maximum atomic E-state index is 12.5. The number of nitrogens with zero attached hydrogens (tertiary/aromatic N) is 3. The molecule has 9 nitrogen and oxygen atoms in total. The van der Waals surface area contributed by atoms with Crippen LogP contribution in [0.5, 0.6) is 0 Å². The molecule has 0 saturated carbocycles. The number of fused-ring (bicyclic) bond motifs is 1. The SMILES string of the molecule is CCOC(=O)c1ccccc1NC(=O)Cn1nc(C)c2c(C)onc2c1=O. The molecular weight excluding hydrogens is 352 g/mol. The minimum atomic E-state index is -0.543. The second kappa shape index (κ2) is 7.40. The molecule has 0 unspecified atom stereocenters. The average molecular weight is 370 g/mol. The van der Waals surface area contributed by atoms with Crippen LogP contribution in [0.3, 0.4) is 0 Å². The molecule has 3 rings (SSSR count). The maximum absolute atomic E-state index is 12.5. The Morgan fingerprint density at radius 2 is 2.00 bits per heavy atom. The second-order valence-electron chi connectivity index (χ2n) is 5.82. The van der Waals surface area contributed by atoms with Gasteiger partial charge in [-0.3, -0.25) is 9.59 Å². The molecule has 27 heavy (non-hydrogen) atoms. The molecule has 0 aliphatic heterocycles. The van der Waals surface area contributed by atoms with Crippen molar-refractivity contribution in [2.75, 3.05) is 11.9 Å². The number of amides is 1. The molecule has 9 heteroatoms. The number of ether oxygens (including phenoxy) is 1. The van der Waals surface area contributed by atoms with Gasteiger partial charge in [0.1, 0.15) is 12.3 Å². The van der Waals surface area contributed by atoms with Crippen LogP contribution >= 0.6 is 0 Å². The van der Waals surface area contributed by atoms with E-state index in [0.29, 0.717) is 22.5 Å². The Kier molecular flexibility index (Phi) is 5.02. The van der Waals surface area contributed by atoms with Crippen LogP contribution in [0, 0.1) is 13.8 Å². The van der Waals surface area contributed by atoms with E-state index in [1.54, 1.807) is 45.0 Å². The summed E-state index contributed by atoms with van der Waals surface area (Å²) in [6.45, 7) is 4.97. The monoisotopic (exact) mass is 370 g/mol. The summed E-state index contributed by atoms with van der Waals surface area (Å²) < 4.78 is 11.0. The lowest BCUT2D eigenvalue weighted by Gasteiger charge is -2.11. The number of anilines is 1. The molecule has 2 aromatic heterocycles. The quantitative estimate of drug-likeness (QED) is 0.681. The summed E-state index contributed by atoms with van der Waals surface area (Å²) in [7, 11) is 0. The summed E-state index contributed by atoms with van der Waals surface area (Å²) >= 11 is 0. The fourth-order valence-electron chi connectivity index (χ4n) is 2.75. The van der Waals surface area contributed by atoms with Crippen LogP contribution in [-0.2, 0) is 16.1 Å². The van der Waals surface area contributed by atoms with Crippen LogP contribution in [0.25, 0.3) is 10.9 Å². The van der Waals surface area contributed by atoms with Crippen LogP contribution in [0.1, 0.15) is 28.7 Å². The van der Waals surface area contributed by atoms with Crippen molar-refractivity contribution >= 4 is 28.5 Å². The van der Waals surface area contributed by atoms with Gasteiger partial charge in [-0.2, -0.15) is 5.10 Å². The molecule has 0 bridgehead atoms. The van der Waals surface area contributed by atoms with E-state index in [1.807, 2.05) is 0 Å². The molecule has 1 amide bonds. The van der Waals surface area contributed by atoms with Gasteiger partial charge >= 0.3 is 5.97 Å². The molecular formula is C18H18N4O5. The highest BCUT2D eigenvalue weighted by Gasteiger charge is 2.18. The fraction of sp³-hybridized carbons (Fsp3) is 0.278. The molecule has 0 aliphatic carbocycles. The third-order valence-electron chi connectivity index (χ3n) is 3.92. The summed E-state index contributed by atoms with van der Waals surface area (Å²) in [4.78, 5) is 36.9. The summed E-state index contributed by atoms with van der Waals surface area (Å²) in [6.07, 6.45) is 0. The molecule has 0 aliphatic rings. The topological polar surface area (TPSA) is 116 Å². The van der Waals surface area contributed by atoms with E-state index in [4.69, 9.17) is 9.26 Å². The number of benzene rings is 1. The number of aryl methyl sites for hydroxylation is 2. The van der Waals surface area contributed by atoms with Gasteiger partial charge in [-0.25, -0.2) is 9.48 Å². The highest BCUT2D eigenvalue weighted by atomic mass is 16.5. The highest BCUT2D eigenvalue weighted by molar-refractivity contribution is 6.01. The van der Waals surface area contributed by atoms with Crippen molar-refractivity contribution in [1.29, 1.82) is 0 Å². The molecule has 2 heterocycles.